The van der Waals surface area contributed by atoms with Gasteiger partial charge in [-0.2, -0.15) is 0 Å². The van der Waals surface area contributed by atoms with Crippen LogP contribution in [0.4, 0.5) is 5.69 Å². The van der Waals surface area contributed by atoms with Crippen LogP contribution in [-0.4, -0.2) is 22.1 Å². The van der Waals surface area contributed by atoms with Gasteiger partial charge in [-0.05, 0) is 44.0 Å². The minimum absolute atomic E-state index is 0.395. The highest BCUT2D eigenvalue weighted by Gasteiger charge is 2.25. The van der Waals surface area contributed by atoms with Crippen LogP contribution in [0.5, 0.6) is 0 Å². The summed E-state index contributed by atoms with van der Waals surface area (Å²) in [4.78, 5) is 9.62. The van der Waals surface area contributed by atoms with Gasteiger partial charge in [0.1, 0.15) is 0 Å². The van der Waals surface area contributed by atoms with Crippen LogP contribution in [0.1, 0.15) is 37.1 Å². The maximum absolute atomic E-state index is 4.83. The van der Waals surface area contributed by atoms with E-state index < -0.39 is 0 Å². The third kappa shape index (κ3) is 4.01. The monoisotopic (exact) mass is 396 g/mol. The van der Waals surface area contributed by atoms with Gasteiger partial charge >= 0.3 is 0 Å². The van der Waals surface area contributed by atoms with Gasteiger partial charge in [-0.1, -0.05) is 55.3 Å². The molecule has 0 radical (unpaired) electrons. The lowest BCUT2D eigenvalue weighted by Gasteiger charge is -2.34. The number of hydrogen-bond donors (Lipinski definition) is 2. The minimum atomic E-state index is 0.395. The second-order valence-corrected chi connectivity index (χ2v) is 8.35. The molecule has 2 aromatic heterocycles. The molecule has 0 amide bonds. The summed E-state index contributed by atoms with van der Waals surface area (Å²) in [6, 6.07) is 24.1. The van der Waals surface area contributed by atoms with Crippen molar-refractivity contribution in [3.05, 3.63) is 78.1 Å². The molecule has 2 aromatic carbocycles. The molecular formula is C26H28N4. The van der Waals surface area contributed by atoms with E-state index in [2.05, 4.69) is 78.2 Å². The van der Waals surface area contributed by atoms with Crippen molar-refractivity contribution in [2.24, 2.45) is 0 Å². The van der Waals surface area contributed by atoms with Gasteiger partial charge in [0, 0.05) is 35.1 Å². The number of nitrogens with zero attached hydrogens (tertiary/aromatic N) is 2. The molecule has 4 nitrogen and oxygen atoms in total. The van der Waals surface area contributed by atoms with Gasteiger partial charge in [-0.25, -0.2) is 0 Å². The first kappa shape index (κ1) is 19.0. The Labute approximate surface area is 177 Å². The Morgan fingerprint density at radius 1 is 0.800 bits per heavy atom. The highest BCUT2D eigenvalue weighted by molar-refractivity contribution is 5.90. The van der Waals surface area contributed by atoms with Gasteiger partial charge in [0.15, 0.2) is 0 Å². The molecule has 0 saturated heterocycles. The fourth-order valence-electron chi connectivity index (χ4n) is 4.55. The van der Waals surface area contributed by atoms with Gasteiger partial charge in [-0.3, -0.25) is 9.97 Å². The Hall–Kier alpha value is -2.98. The summed E-state index contributed by atoms with van der Waals surface area (Å²) in [6.45, 7) is 2.85. The van der Waals surface area contributed by atoms with Crippen molar-refractivity contribution in [2.75, 3.05) is 5.32 Å². The Balaban J connectivity index is 1.33. The molecular weight excluding hydrogens is 368 g/mol. The summed E-state index contributed by atoms with van der Waals surface area (Å²) in [7, 11) is 0. The van der Waals surface area contributed by atoms with E-state index in [4.69, 9.17) is 9.97 Å². The summed E-state index contributed by atoms with van der Waals surface area (Å²) >= 11 is 0. The second kappa shape index (κ2) is 8.41. The van der Waals surface area contributed by atoms with Crippen LogP contribution in [0, 0.1) is 6.92 Å². The summed E-state index contributed by atoms with van der Waals surface area (Å²) in [5.41, 5.74) is 5.42. The van der Waals surface area contributed by atoms with Crippen molar-refractivity contribution in [1.29, 1.82) is 0 Å². The molecule has 2 atom stereocenters. The summed E-state index contributed by atoms with van der Waals surface area (Å²) in [5.74, 6) is 0. The topological polar surface area (TPSA) is 49.8 Å². The van der Waals surface area contributed by atoms with Crippen LogP contribution >= 0.6 is 0 Å². The molecule has 5 rings (SSSR count). The van der Waals surface area contributed by atoms with Gasteiger partial charge in [0.25, 0.3) is 0 Å². The number of fused-ring (bicyclic) bond motifs is 2. The number of anilines is 1. The first-order valence-electron chi connectivity index (χ1n) is 11.0. The average Bonchev–Trinajstić information content (AvgIpc) is 2.79. The first-order chi connectivity index (χ1) is 14.8. The molecule has 0 unspecified atom stereocenters. The predicted octanol–water partition coefficient (Wildman–Crippen LogP) is 5.60. The molecule has 1 fully saturated rings. The summed E-state index contributed by atoms with van der Waals surface area (Å²) in [6.07, 6.45) is 4.89. The molecule has 0 spiro atoms. The van der Waals surface area contributed by atoms with Crippen molar-refractivity contribution < 1.29 is 0 Å². The number of para-hydroxylation sites is 2. The Bertz CT molecular complexity index is 1170. The lowest BCUT2D eigenvalue weighted by molar-refractivity contribution is 0.341. The molecule has 30 heavy (non-hydrogen) atoms. The van der Waals surface area contributed by atoms with Crippen molar-refractivity contribution in [2.45, 2.75) is 51.2 Å². The van der Waals surface area contributed by atoms with Gasteiger partial charge in [0.2, 0.25) is 0 Å². The molecule has 4 heteroatoms. The predicted molar refractivity (Wildman–Crippen MR) is 125 cm³/mol. The van der Waals surface area contributed by atoms with E-state index in [1.807, 2.05) is 6.07 Å². The SMILES string of the molecule is Cc1ccc2cccc(N[C@H]3CCCC[C@@H]3NCc3ccc4ccccc4n3)c2n1. The Kier molecular flexibility index (Phi) is 5.33. The summed E-state index contributed by atoms with van der Waals surface area (Å²) in [5, 5.41) is 9.99. The number of aromatic nitrogens is 2. The van der Waals surface area contributed by atoms with Crippen molar-refractivity contribution in [1.82, 2.24) is 15.3 Å². The second-order valence-electron chi connectivity index (χ2n) is 8.35. The minimum Gasteiger partial charge on any atom is -0.379 e. The maximum Gasteiger partial charge on any atom is 0.0936 e. The van der Waals surface area contributed by atoms with Crippen molar-refractivity contribution in [3.8, 4) is 0 Å². The average molecular weight is 397 g/mol. The zero-order valence-corrected chi connectivity index (χ0v) is 17.4. The quantitative estimate of drug-likeness (QED) is 0.461. The zero-order valence-electron chi connectivity index (χ0n) is 17.4. The number of aryl methyl sites for hydroxylation is 1. The third-order valence-electron chi connectivity index (χ3n) is 6.17. The van der Waals surface area contributed by atoms with Crippen LogP contribution in [0.3, 0.4) is 0 Å². The lowest BCUT2D eigenvalue weighted by atomic mass is 9.90. The fraction of sp³-hybridized carbons (Fsp3) is 0.308. The lowest BCUT2D eigenvalue weighted by Crippen LogP contribution is -2.46. The fourth-order valence-corrected chi connectivity index (χ4v) is 4.55. The van der Waals surface area contributed by atoms with E-state index in [0.29, 0.717) is 12.1 Å². The normalized spacial score (nSPS) is 19.2. The van der Waals surface area contributed by atoms with Crippen LogP contribution in [0.25, 0.3) is 21.8 Å². The first-order valence-corrected chi connectivity index (χ1v) is 11.0. The highest BCUT2D eigenvalue weighted by atomic mass is 15.0. The van der Waals surface area contributed by atoms with Crippen LogP contribution in [0.2, 0.25) is 0 Å². The number of rotatable bonds is 5. The van der Waals surface area contributed by atoms with Crippen LogP contribution < -0.4 is 10.6 Å². The molecule has 2 N–H and O–H groups in total. The van der Waals surface area contributed by atoms with Crippen LogP contribution in [-0.2, 0) is 6.54 Å². The molecule has 2 heterocycles. The molecule has 152 valence electrons. The summed E-state index contributed by atoms with van der Waals surface area (Å²) < 4.78 is 0. The van der Waals surface area contributed by atoms with E-state index in [9.17, 15) is 0 Å². The van der Waals surface area contributed by atoms with E-state index in [-0.39, 0.29) is 0 Å². The Morgan fingerprint density at radius 2 is 1.60 bits per heavy atom. The number of pyridine rings is 2. The molecule has 1 saturated carbocycles. The zero-order chi connectivity index (χ0) is 20.3. The molecule has 4 aromatic rings. The van der Waals surface area contributed by atoms with Crippen molar-refractivity contribution >= 4 is 27.5 Å². The van der Waals surface area contributed by atoms with Crippen LogP contribution in [0.15, 0.2) is 66.7 Å². The van der Waals surface area contributed by atoms with Gasteiger partial charge in [0.05, 0.1) is 22.4 Å². The Morgan fingerprint density at radius 3 is 2.53 bits per heavy atom. The van der Waals surface area contributed by atoms with E-state index in [1.54, 1.807) is 0 Å². The number of nitrogens with one attached hydrogen (secondary N) is 2. The third-order valence-corrected chi connectivity index (χ3v) is 6.17. The van der Waals surface area contributed by atoms with Gasteiger partial charge < -0.3 is 10.6 Å². The largest absolute Gasteiger partial charge is 0.379 e. The van der Waals surface area contributed by atoms with E-state index in [1.165, 1.54) is 36.5 Å². The highest BCUT2D eigenvalue weighted by Crippen LogP contribution is 2.27. The molecule has 0 aliphatic heterocycles. The molecule has 0 bridgehead atoms. The number of hydrogen-bond acceptors (Lipinski definition) is 4. The maximum atomic E-state index is 4.83. The van der Waals surface area contributed by atoms with Gasteiger partial charge in [-0.15, -0.1) is 0 Å². The van der Waals surface area contributed by atoms with E-state index in [0.717, 1.165) is 34.7 Å². The smallest absolute Gasteiger partial charge is 0.0936 e. The molecule has 1 aliphatic rings. The van der Waals surface area contributed by atoms with E-state index >= 15 is 0 Å². The molecule has 1 aliphatic carbocycles. The van der Waals surface area contributed by atoms with Crippen molar-refractivity contribution in [3.63, 3.8) is 0 Å². The number of benzene rings is 2. The standard InChI is InChI=1S/C26H28N4/c1-18-13-14-20-8-6-12-25(26(20)28-18)30-24-11-5-4-10-23(24)27-17-21-16-15-19-7-2-3-9-22(19)29-21/h2-3,6-9,12-16,23-24,27,30H,4-5,10-11,17H2,1H3/t23-,24-/m0/s1.